The van der Waals surface area contributed by atoms with Gasteiger partial charge in [-0.05, 0) is 84.9 Å². The van der Waals surface area contributed by atoms with Crippen LogP contribution in [0.3, 0.4) is 0 Å². The van der Waals surface area contributed by atoms with Crippen molar-refractivity contribution in [3.05, 3.63) is 41.5 Å². The molecule has 1 saturated heterocycles. The van der Waals surface area contributed by atoms with Crippen LogP contribution in [0, 0.1) is 5.92 Å². The van der Waals surface area contributed by atoms with Crippen molar-refractivity contribution >= 4 is 5.91 Å². The maximum atomic E-state index is 12.8. The summed E-state index contributed by atoms with van der Waals surface area (Å²) < 4.78 is 0. The van der Waals surface area contributed by atoms with Gasteiger partial charge in [-0.25, -0.2) is 0 Å². The van der Waals surface area contributed by atoms with Crippen molar-refractivity contribution in [1.29, 1.82) is 0 Å². The number of piperidine rings is 1. The number of carbonyl (C=O) groups excluding carboxylic acids is 1. The third-order valence-electron chi connectivity index (χ3n) is 5.90. The molecule has 0 aromatic heterocycles. The van der Waals surface area contributed by atoms with Crippen LogP contribution in [-0.2, 0) is 11.2 Å². The smallest absolute Gasteiger partial charge is 0.227 e. The molecule has 30 heavy (non-hydrogen) atoms. The number of nitrogens with zero attached hydrogens (tertiary/aromatic N) is 1. The predicted octanol–water partition coefficient (Wildman–Crippen LogP) is 5.46. The average Bonchev–Trinajstić information content (AvgIpc) is 2.68. The molecule has 0 radical (unpaired) electrons. The minimum absolute atomic E-state index is 0.0429. The lowest BCUT2D eigenvalue weighted by atomic mass is 9.78. The quantitative estimate of drug-likeness (QED) is 0.536. The van der Waals surface area contributed by atoms with Crippen molar-refractivity contribution in [2.24, 2.45) is 5.92 Å². The first-order valence-electron chi connectivity index (χ1n) is 11.2. The summed E-state index contributed by atoms with van der Waals surface area (Å²) in [6, 6.07) is 7.29. The normalized spacial score (nSPS) is 20.1. The summed E-state index contributed by atoms with van der Waals surface area (Å²) in [5.41, 5.74) is 1.48. The second kappa shape index (κ2) is 11.0. The molecule has 1 amide bonds. The summed E-state index contributed by atoms with van der Waals surface area (Å²) >= 11 is 0. The van der Waals surface area contributed by atoms with Crippen LogP contribution in [0.4, 0.5) is 0 Å². The summed E-state index contributed by atoms with van der Waals surface area (Å²) in [4.78, 5) is 12.8. The van der Waals surface area contributed by atoms with Crippen molar-refractivity contribution in [2.75, 3.05) is 0 Å². The Kier molecular flexibility index (Phi) is 9.57. The van der Waals surface area contributed by atoms with Gasteiger partial charge in [0.2, 0.25) is 5.91 Å². The number of benzene rings is 1. The van der Waals surface area contributed by atoms with Crippen molar-refractivity contribution < 1.29 is 15.1 Å². The van der Waals surface area contributed by atoms with Gasteiger partial charge in [0, 0.05) is 17.1 Å². The van der Waals surface area contributed by atoms with Gasteiger partial charge in [0.25, 0.3) is 0 Å². The fraction of sp³-hybridized carbons (Fsp3) is 0.640. The zero-order chi connectivity index (χ0) is 23.1. The topological polar surface area (TPSA) is 72.8 Å². The van der Waals surface area contributed by atoms with Crippen LogP contribution in [0.1, 0.15) is 80.2 Å². The molecule has 1 aliphatic rings. The van der Waals surface area contributed by atoms with E-state index in [-0.39, 0.29) is 34.7 Å². The van der Waals surface area contributed by atoms with Gasteiger partial charge in [-0.1, -0.05) is 37.6 Å². The summed E-state index contributed by atoms with van der Waals surface area (Å²) in [5, 5.41) is 24.4. The van der Waals surface area contributed by atoms with Crippen molar-refractivity contribution in [2.45, 2.75) is 98.2 Å². The highest BCUT2D eigenvalue weighted by molar-refractivity contribution is 5.81. The predicted molar refractivity (Wildman–Crippen MR) is 124 cm³/mol. The Morgan fingerprint density at radius 3 is 2.17 bits per heavy atom. The zero-order valence-corrected chi connectivity index (χ0v) is 20.1. The van der Waals surface area contributed by atoms with Gasteiger partial charge in [-0.2, -0.15) is 5.06 Å². The van der Waals surface area contributed by atoms with E-state index in [1.54, 1.807) is 12.1 Å². The summed E-state index contributed by atoms with van der Waals surface area (Å²) in [7, 11) is 0. The van der Waals surface area contributed by atoms with Crippen LogP contribution < -0.4 is 5.32 Å². The van der Waals surface area contributed by atoms with E-state index >= 15 is 0 Å². The molecule has 0 spiro atoms. The number of hydroxylamine groups is 2. The van der Waals surface area contributed by atoms with E-state index in [2.05, 4.69) is 11.4 Å². The van der Waals surface area contributed by atoms with Gasteiger partial charge < -0.3 is 15.6 Å². The molecule has 1 aromatic carbocycles. The Morgan fingerprint density at radius 1 is 1.17 bits per heavy atom. The van der Waals surface area contributed by atoms with Gasteiger partial charge in [-0.3, -0.25) is 4.79 Å². The molecule has 1 aliphatic heterocycles. The molecular formula is C25H42N2O3. The van der Waals surface area contributed by atoms with Gasteiger partial charge in [0.05, 0.1) is 5.92 Å². The number of hydrogen-bond donors (Lipinski definition) is 3. The molecule has 5 nitrogen and oxygen atoms in total. The molecule has 0 aliphatic carbocycles. The monoisotopic (exact) mass is 418 g/mol. The molecule has 3 N–H and O–H groups in total. The van der Waals surface area contributed by atoms with Gasteiger partial charge >= 0.3 is 0 Å². The minimum atomic E-state index is -0.377. The Labute approximate surface area is 183 Å². The van der Waals surface area contributed by atoms with Crippen molar-refractivity contribution in [1.82, 2.24) is 10.4 Å². The molecule has 1 unspecified atom stereocenters. The summed E-state index contributed by atoms with van der Waals surface area (Å²) in [5.74, 6) is 0.138. The number of amides is 1. The van der Waals surface area contributed by atoms with E-state index in [0.717, 1.165) is 31.3 Å². The molecule has 0 saturated carbocycles. The molecule has 1 heterocycles. The van der Waals surface area contributed by atoms with Gasteiger partial charge in [0.1, 0.15) is 5.75 Å². The molecule has 170 valence electrons. The lowest BCUT2D eigenvalue weighted by Crippen LogP contribution is -2.63. The van der Waals surface area contributed by atoms with Crippen LogP contribution in [0.25, 0.3) is 0 Å². The van der Waals surface area contributed by atoms with E-state index in [1.165, 1.54) is 10.6 Å². The fourth-order valence-electron chi connectivity index (χ4n) is 4.21. The molecule has 5 heteroatoms. The van der Waals surface area contributed by atoms with E-state index in [1.807, 2.05) is 67.5 Å². The van der Waals surface area contributed by atoms with E-state index in [9.17, 15) is 15.1 Å². The number of rotatable bonds is 6. The number of phenols is 1. The van der Waals surface area contributed by atoms with E-state index < -0.39 is 0 Å². The summed E-state index contributed by atoms with van der Waals surface area (Å²) in [6.45, 7) is 16.0. The highest BCUT2D eigenvalue weighted by Gasteiger charge is 2.45. The molecule has 0 bridgehead atoms. The number of aryl methyl sites for hydroxylation is 1. The molecule has 2 rings (SSSR count). The molecule has 1 atom stereocenters. The molecule has 1 aromatic rings. The number of aromatic hydroxyl groups is 1. The zero-order valence-electron chi connectivity index (χ0n) is 20.1. The van der Waals surface area contributed by atoms with Crippen LogP contribution in [0.2, 0.25) is 0 Å². The first-order chi connectivity index (χ1) is 13.9. The van der Waals surface area contributed by atoms with Crippen LogP contribution in [-0.4, -0.2) is 38.4 Å². The van der Waals surface area contributed by atoms with E-state index in [4.69, 9.17) is 0 Å². The Morgan fingerprint density at radius 2 is 1.67 bits per heavy atom. The highest BCUT2D eigenvalue weighted by Crippen LogP contribution is 2.36. The SMILES string of the molecule is C/C(=C\CCc1ccc(O)cc1)C(C)C(=O)NC1CC(C)(C)N(O)C(C)(C)C1.CC. The number of nitrogens with one attached hydrogen (secondary N) is 1. The van der Waals surface area contributed by atoms with Crippen LogP contribution >= 0.6 is 0 Å². The van der Waals surface area contributed by atoms with E-state index in [0.29, 0.717) is 0 Å². The summed E-state index contributed by atoms with van der Waals surface area (Å²) in [6.07, 6.45) is 5.30. The van der Waals surface area contributed by atoms with Gasteiger partial charge in [0.15, 0.2) is 0 Å². The van der Waals surface area contributed by atoms with Gasteiger partial charge in [-0.15, -0.1) is 0 Å². The van der Waals surface area contributed by atoms with Crippen molar-refractivity contribution in [3.63, 3.8) is 0 Å². The highest BCUT2D eigenvalue weighted by atomic mass is 16.5. The first kappa shape index (κ1) is 26.2. The Bertz CT molecular complexity index is 690. The van der Waals surface area contributed by atoms with Crippen LogP contribution in [0.5, 0.6) is 5.75 Å². The lowest BCUT2D eigenvalue weighted by Gasteiger charge is -2.51. The average molecular weight is 419 g/mol. The van der Waals surface area contributed by atoms with Crippen LogP contribution in [0.15, 0.2) is 35.9 Å². The second-order valence-corrected chi connectivity index (χ2v) is 9.43. The number of allylic oxidation sites excluding steroid dienone is 1. The Hall–Kier alpha value is -1.85. The van der Waals surface area contributed by atoms with Crippen molar-refractivity contribution in [3.8, 4) is 5.75 Å². The maximum Gasteiger partial charge on any atom is 0.227 e. The third-order valence-corrected chi connectivity index (χ3v) is 5.90. The first-order valence-corrected chi connectivity index (χ1v) is 11.2. The minimum Gasteiger partial charge on any atom is -0.508 e. The number of carbonyl (C=O) groups is 1. The fourth-order valence-corrected chi connectivity index (χ4v) is 4.21. The molecule has 1 fully saturated rings. The number of hydrogen-bond acceptors (Lipinski definition) is 4. The number of phenolic OH excluding ortho intramolecular Hbond substituents is 1. The third kappa shape index (κ3) is 7.13. The maximum absolute atomic E-state index is 12.8. The standard InChI is InChI=1S/C23H36N2O3.C2H6/c1-16(8-7-9-18-10-12-20(26)13-11-18)17(2)21(27)24-19-14-22(3,4)25(28)23(5,6)15-19;1-2/h8,10-13,17,19,26,28H,7,9,14-15H2,1-6H3,(H,24,27);1-2H3/b16-8+;. The largest absolute Gasteiger partial charge is 0.508 e. The Balaban J connectivity index is 0.00000218. The second-order valence-electron chi connectivity index (χ2n) is 9.43. The lowest BCUT2D eigenvalue weighted by molar-refractivity contribution is -0.246. The molecular weight excluding hydrogens is 376 g/mol.